The van der Waals surface area contributed by atoms with Gasteiger partial charge in [0.2, 0.25) is 6.08 Å². The van der Waals surface area contributed by atoms with Crippen molar-refractivity contribution in [3.63, 3.8) is 0 Å². The molecule has 0 radical (unpaired) electrons. The summed E-state index contributed by atoms with van der Waals surface area (Å²) in [5, 5.41) is 8.70. The van der Waals surface area contributed by atoms with Crippen molar-refractivity contribution in [2.75, 3.05) is 0 Å². The highest BCUT2D eigenvalue weighted by molar-refractivity contribution is 5.74. The van der Waals surface area contributed by atoms with Gasteiger partial charge in [0.1, 0.15) is 0 Å². The fraction of sp³-hybridized carbons (Fsp3) is 0.300. The molecule has 0 bridgehead atoms. The largest absolute Gasteiger partial charge is 0.480 e. The summed E-state index contributed by atoms with van der Waals surface area (Å²) in [5.74, 6) is -1.10. The Labute approximate surface area is 86.5 Å². The van der Waals surface area contributed by atoms with Crippen LogP contribution in [0.15, 0.2) is 29.5 Å². The van der Waals surface area contributed by atoms with Gasteiger partial charge >= 0.3 is 5.97 Å². The van der Waals surface area contributed by atoms with Crippen molar-refractivity contribution in [2.24, 2.45) is 4.99 Å². The Morgan fingerprint density at radius 2 is 2.20 bits per heavy atom. The minimum Gasteiger partial charge on any atom is -0.480 e. The van der Waals surface area contributed by atoms with Gasteiger partial charge in [0.05, 0.1) is 0 Å². The van der Waals surface area contributed by atoms with E-state index in [2.05, 4.69) is 9.98 Å². The number of isocyanates is 1. The number of rotatable bonds is 5. The number of aryl methyl sites for hydroxylation is 1. The van der Waals surface area contributed by atoms with Crippen LogP contribution < -0.4 is 0 Å². The molecule has 0 aromatic carbocycles. The molecule has 15 heavy (non-hydrogen) atoms. The van der Waals surface area contributed by atoms with Crippen LogP contribution in [0.3, 0.4) is 0 Å². The second-order valence-corrected chi connectivity index (χ2v) is 2.97. The lowest BCUT2D eigenvalue weighted by molar-refractivity contribution is -0.138. The molecular formula is C10H10N2O3. The lowest BCUT2D eigenvalue weighted by Gasteiger charge is -2.04. The van der Waals surface area contributed by atoms with E-state index in [1.54, 1.807) is 24.5 Å². The molecule has 0 aliphatic carbocycles. The van der Waals surface area contributed by atoms with Gasteiger partial charge in [0.25, 0.3) is 0 Å². The number of pyridine rings is 1. The lowest BCUT2D eigenvalue weighted by atomic mass is 10.1. The van der Waals surface area contributed by atoms with Crippen LogP contribution in [0, 0.1) is 0 Å². The van der Waals surface area contributed by atoms with Crippen LogP contribution in [0.5, 0.6) is 0 Å². The van der Waals surface area contributed by atoms with Crippen LogP contribution in [0.25, 0.3) is 0 Å². The summed E-state index contributed by atoms with van der Waals surface area (Å²) < 4.78 is 0. The van der Waals surface area contributed by atoms with Gasteiger partial charge in [-0.05, 0) is 30.5 Å². The molecule has 1 heterocycles. The second kappa shape index (κ2) is 5.67. The monoisotopic (exact) mass is 206 g/mol. The van der Waals surface area contributed by atoms with Crippen molar-refractivity contribution >= 4 is 12.0 Å². The van der Waals surface area contributed by atoms with Crippen LogP contribution in [-0.4, -0.2) is 28.2 Å². The molecule has 1 N–H and O–H groups in total. The summed E-state index contributed by atoms with van der Waals surface area (Å²) in [7, 11) is 0. The van der Waals surface area contributed by atoms with Crippen molar-refractivity contribution < 1.29 is 14.7 Å². The first-order valence-electron chi connectivity index (χ1n) is 4.42. The molecule has 0 aliphatic heterocycles. The molecule has 0 aliphatic rings. The van der Waals surface area contributed by atoms with Crippen molar-refractivity contribution in [1.82, 2.24) is 4.98 Å². The van der Waals surface area contributed by atoms with Gasteiger partial charge in [-0.2, -0.15) is 4.99 Å². The highest BCUT2D eigenvalue weighted by Gasteiger charge is 2.15. The molecule has 78 valence electrons. The molecule has 1 atom stereocenters. The van der Waals surface area contributed by atoms with Gasteiger partial charge in [-0.25, -0.2) is 9.59 Å². The number of aliphatic imine (C=N–C) groups is 1. The predicted molar refractivity (Wildman–Crippen MR) is 52.1 cm³/mol. The molecule has 0 spiro atoms. The summed E-state index contributed by atoms with van der Waals surface area (Å²) in [6.07, 6.45) is 5.37. The van der Waals surface area contributed by atoms with E-state index in [0.29, 0.717) is 6.42 Å². The van der Waals surface area contributed by atoms with Crippen molar-refractivity contribution in [3.8, 4) is 0 Å². The Morgan fingerprint density at radius 1 is 1.53 bits per heavy atom. The molecule has 1 rings (SSSR count). The number of carboxylic acids is 1. The fourth-order valence-corrected chi connectivity index (χ4v) is 1.16. The Morgan fingerprint density at radius 3 is 2.73 bits per heavy atom. The number of carboxylic acid groups (broad SMARTS) is 1. The molecule has 1 aromatic rings. The fourth-order valence-electron chi connectivity index (χ4n) is 1.16. The van der Waals surface area contributed by atoms with Crippen molar-refractivity contribution in [2.45, 2.75) is 18.9 Å². The zero-order valence-electron chi connectivity index (χ0n) is 7.96. The van der Waals surface area contributed by atoms with Crippen LogP contribution in [0.4, 0.5) is 0 Å². The van der Waals surface area contributed by atoms with E-state index < -0.39 is 12.0 Å². The third kappa shape index (κ3) is 3.70. The molecule has 5 nitrogen and oxygen atoms in total. The molecule has 0 amide bonds. The summed E-state index contributed by atoms with van der Waals surface area (Å²) in [6.45, 7) is 0. The first kappa shape index (κ1) is 11.1. The first-order valence-corrected chi connectivity index (χ1v) is 4.42. The molecule has 1 aromatic heterocycles. The standard InChI is InChI=1S/C10H10N2O3/c13-7-12-9(10(14)15)2-1-8-3-5-11-6-4-8/h3-6,9H,1-2H2,(H,14,15). The number of carbonyl (C=O) groups is 1. The number of aliphatic carboxylic acids is 1. The predicted octanol–water partition coefficient (Wildman–Crippen LogP) is 0.803. The van der Waals surface area contributed by atoms with E-state index in [0.717, 1.165) is 5.56 Å². The average Bonchev–Trinajstić information content (AvgIpc) is 2.25. The molecule has 0 saturated carbocycles. The maximum absolute atomic E-state index is 10.6. The summed E-state index contributed by atoms with van der Waals surface area (Å²) >= 11 is 0. The van der Waals surface area contributed by atoms with Gasteiger partial charge in [-0.3, -0.25) is 4.98 Å². The molecule has 0 fully saturated rings. The van der Waals surface area contributed by atoms with Crippen LogP contribution in [0.1, 0.15) is 12.0 Å². The smallest absolute Gasteiger partial charge is 0.329 e. The van der Waals surface area contributed by atoms with Gasteiger partial charge in [-0.1, -0.05) is 0 Å². The number of carbonyl (C=O) groups excluding carboxylic acids is 1. The van der Waals surface area contributed by atoms with E-state index in [-0.39, 0.29) is 6.42 Å². The molecule has 1 unspecified atom stereocenters. The van der Waals surface area contributed by atoms with E-state index in [1.807, 2.05) is 0 Å². The Balaban J connectivity index is 2.54. The van der Waals surface area contributed by atoms with Gasteiger partial charge in [-0.15, -0.1) is 0 Å². The third-order valence-corrected chi connectivity index (χ3v) is 1.95. The first-order chi connectivity index (χ1) is 7.24. The summed E-state index contributed by atoms with van der Waals surface area (Å²) in [5.41, 5.74) is 0.970. The minimum absolute atomic E-state index is 0.286. The number of hydrogen-bond acceptors (Lipinski definition) is 4. The molecule has 0 saturated heterocycles. The Bertz CT molecular complexity index is 370. The van der Waals surface area contributed by atoms with Crippen LogP contribution >= 0.6 is 0 Å². The normalized spacial score (nSPS) is 11.5. The maximum Gasteiger partial charge on any atom is 0.329 e. The highest BCUT2D eigenvalue weighted by Crippen LogP contribution is 2.06. The lowest BCUT2D eigenvalue weighted by Crippen LogP contribution is -2.18. The van der Waals surface area contributed by atoms with Crippen molar-refractivity contribution in [1.29, 1.82) is 0 Å². The SMILES string of the molecule is O=C=NC(CCc1ccncc1)C(=O)O. The maximum atomic E-state index is 10.6. The summed E-state index contributed by atoms with van der Waals surface area (Å²) in [6, 6.07) is 2.59. The van der Waals surface area contributed by atoms with Crippen LogP contribution in [0.2, 0.25) is 0 Å². The van der Waals surface area contributed by atoms with E-state index in [9.17, 15) is 9.59 Å². The van der Waals surface area contributed by atoms with Gasteiger partial charge in [0, 0.05) is 12.4 Å². The topological polar surface area (TPSA) is 79.6 Å². The van der Waals surface area contributed by atoms with E-state index in [1.165, 1.54) is 6.08 Å². The molecular weight excluding hydrogens is 196 g/mol. The summed E-state index contributed by atoms with van der Waals surface area (Å²) in [4.78, 5) is 27.7. The minimum atomic E-state index is -1.10. The highest BCUT2D eigenvalue weighted by atomic mass is 16.4. The Hall–Kier alpha value is -2.00. The molecule has 5 heteroatoms. The Kier molecular flexibility index (Phi) is 4.19. The van der Waals surface area contributed by atoms with E-state index >= 15 is 0 Å². The zero-order chi connectivity index (χ0) is 11.1. The van der Waals surface area contributed by atoms with Crippen LogP contribution in [-0.2, 0) is 16.0 Å². The van der Waals surface area contributed by atoms with E-state index in [4.69, 9.17) is 5.11 Å². The van der Waals surface area contributed by atoms with Gasteiger partial charge < -0.3 is 5.11 Å². The van der Waals surface area contributed by atoms with Gasteiger partial charge in [0.15, 0.2) is 6.04 Å². The van der Waals surface area contributed by atoms with Crippen molar-refractivity contribution in [3.05, 3.63) is 30.1 Å². The number of hydrogen-bond donors (Lipinski definition) is 1. The number of nitrogens with zero attached hydrogens (tertiary/aromatic N) is 2. The quantitative estimate of drug-likeness (QED) is 0.571. The second-order valence-electron chi connectivity index (χ2n) is 2.97. The zero-order valence-corrected chi connectivity index (χ0v) is 7.96. The average molecular weight is 206 g/mol. The third-order valence-electron chi connectivity index (χ3n) is 1.95. The number of aromatic nitrogens is 1.